The first kappa shape index (κ1) is 18.3. The van der Waals surface area contributed by atoms with Crippen molar-refractivity contribution < 1.29 is 9.13 Å². The Hall–Kier alpha value is -3.06. The summed E-state index contributed by atoms with van der Waals surface area (Å²) in [5.41, 5.74) is 2.28. The lowest BCUT2D eigenvalue weighted by molar-refractivity contribution is 0.0389. The molecule has 0 bridgehead atoms. The number of nitrogens with zero attached hydrogens (tertiary/aromatic N) is 4. The Labute approximate surface area is 162 Å². The van der Waals surface area contributed by atoms with E-state index in [9.17, 15) is 9.18 Å². The highest BCUT2D eigenvalue weighted by molar-refractivity contribution is 5.59. The van der Waals surface area contributed by atoms with Crippen molar-refractivity contribution in [2.75, 3.05) is 24.6 Å². The Morgan fingerprint density at radius 3 is 2.64 bits per heavy atom. The molecule has 0 N–H and O–H groups in total. The fourth-order valence-corrected chi connectivity index (χ4v) is 3.41. The van der Waals surface area contributed by atoms with Crippen LogP contribution in [-0.4, -0.2) is 34.2 Å². The second-order valence-electron chi connectivity index (χ2n) is 6.62. The first-order chi connectivity index (χ1) is 13.7. The minimum atomic E-state index is -0.275. The lowest BCUT2D eigenvalue weighted by Crippen LogP contribution is -2.42. The topological polar surface area (TPSA) is 60.2 Å². The Balaban J connectivity index is 1.69. The Morgan fingerprint density at radius 1 is 1.18 bits per heavy atom. The first-order valence-corrected chi connectivity index (χ1v) is 9.30. The van der Waals surface area contributed by atoms with E-state index < -0.39 is 0 Å². The van der Waals surface area contributed by atoms with Crippen molar-refractivity contribution in [3.05, 3.63) is 76.6 Å². The number of halogens is 1. The van der Waals surface area contributed by atoms with Crippen molar-refractivity contribution >= 4 is 5.95 Å². The lowest BCUT2D eigenvalue weighted by atomic mass is 10.1. The fraction of sp³-hybridized carbons (Fsp3) is 0.286. The molecule has 1 aliphatic rings. The molecule has 0 unspecified atom stereocenters. The quantitative estimate of drug-likeness (QED) is 0.696. The van der Waals surface area contributed by atoms with Crippen LogP contribution in [0, 0.1) is 5.82 Å². The summed E-state index contributed by atoms with van der Waals surface area (Å²) in [7, 11) is 0. The average molecular weight is 380 g/mol. The van der Waals surface area contributed by atoms with Crippen molar-refractivity contribution in [1.82, 2.24) is 14.5 Å². The van der Waals surface area contributed by atoms with Gasteiger partial charge in [-0.1, -0.05) is 12.1 Å². The molecule has 1 saturated heterocycles. The molecule has 1 aromatic carbocycles. The van der Waals surface area contributed by atoms with Crippen LogP contribution in [-0.2, 0) is 11.3 Å². The standard InChI is InChI=1S/C21H21FN4O2/c1-2-26-20(27)13-18(15-7-9-23-10-8-15)24-21(26)25-11-12-28-19(14-25)16-3-5-17(22)6-4-16/h3-10,13,19H,2,11-12,14H2,1H3/t19-/m1/s1. The van der Waals surface area contributed by atoms with Crippen LogP contribution in [0.2, 0.25) is 0 Å². The van der Waals surface area contributed by atoms with Gasteiger partial charge in [0.2, 0.25) is 5.95 Å². The SMILES string of the molecule is CCn1c(N2CCO[C@@H](c3ccc(F)cc3)C2)nc(-c2ccncc2)cc1=O. The molecule has 1 fully saturated rings. The third kappa shape index (κ3) is 3.66. The summed E-state index contributed by atoms with van der Waals surface area (Å²) in [5.74, 6) is 0.347. The third-order valence-electron chi connectivity index (χ3n) is 4.87. The Morgan fingerprint density at radius 2 is 1.93 bits per heavy atom. The summed E-state index contributed by atoms with van der Waals surface area (Å²) in [6.07, 6.45) is 3.16. The second kappa shape index (κ2) is 7.90. The van der Waals surface area contributed by atoms with E-state index in [-0.39, 0.29) is 17.5 Å². The van der Waals surface area contributed by atoms with E-state index in [2.05, 4.69) is 9.88 Å². The number of pyridine rings is 1. The zero-order valence-corrected chi connectivity index (χ0v) is 15.6. The van der Waals surface area contributed by atoms with Gasteiger partial charge >= 0.3 is 0 Å². The maximum Gasteiger partial charge on any atom is 0.255 e. The summed E-state index contributed by atoms with van der Waals surface area (Å²) >= 11 is 0. The summed E-state index contributed by atoms with van der Waals surface area (Å²) in [5, 5.41) is 0. The summed E-state index contributed by atoms with van der Waals surface area (Å²) in [6, 6.07) is 11.6. The molecule has 1 atom stereocenters. The van der Waals surface area contributed by atoms with E-state index in [1.54, 1.807) is 35.2 Å². The van der Waals surface area contributed by atoms with Crippen molar-refractivity contribution in [3.8, 4) is 11.3 Å². The molecule has 3 aromatic rings. The maximum absolute atomic E-state index is 13.2. The van der Waals surface area contributed by atoms with Crippen LogP contribution in [0.3, 0.4) is 0 Å². The van der Waals surface area contributed by atoms with Crippen LogP contribution >= 0.6 is 0 Å². The zero-order valence-electron chi connectivity index (χ0n) is 15.6. The van der Waals surface area contributed by atoms with Crippen molar-refractivity contribution in [3.63, 3.8) is 0 Å². The molecule has 28 heavy (non-hydrogen) atoms. The van der Waals surface area contributed by atoms with Crippen molar-refractivity contribution in [1.29, 1.82) is 0 Å². The van der Waals surface area contributed by atoms with Gasteiger partial charge in [-0.05, 0) is 36.8 Å². The average Bonchev–Trinajstić information content (AvgIpc) is 2.74. The van der Waals surface area contributed by atoms with E-state index in [0.29, 0.717) is 37.9 Å². The van der Waals surface area contributed by atoms with Crippen molar-refractivity contribution in [2.24, 2.45) is 0 Å². The Bertz CT molecular complexity index is 1010. The lowest BCUT2D eigenvalue weighted by Gasteiger charge is -2.35. The molecule has 7 heteroatoms. The highest BCUT2D eigenvalue weighted by Gasteiger charge is 2.25. The number of aromatic nitrogens is 3. The molecule has 4 rings (SSSR count). The van der Waals surface area contributed by atoms with Crippen LogP contribution in [0.15, 0.2) is 59.7 Å². The molecule has 0 radical (unpaired) electrons. The number of anilines is 1. The van der Waals surface area contributed by atoms with Crippen LogP contribution in [0.1, 0.15) is 18.6 Å². The third-order valence-corrected chi connectivity index (χ3v) is 4.87. The number of rotatable bonds is 4. The monoisotopic (exact) mass is 380 g/mol. The van der Waals surface area contributed by atoms with Gasteiger partial charge in [-0.15, -0.1) is 0 Å². The molecule has 1 aliphatic heterocycles. The Kier molecular flexibility index (Phi) is 5.16. The summed E-state index contributed by atoms with van der Waals surface area (Å²) < 4.78 is 20.8. The number of morpholine rings is 1. The molecule has 6 nitrogen and oxygen atoms in total. The van der Waals surface area contributed by atoms with Crippen LogP contribution in [0.5, 0.6) is 0 Å². The zero-order chi connectivity index (χ0) is 19.5. The second-order valence-corrected chi connectivity index (χ2v) is 6.62. The van der Waals surface area contributed by atoms with E-state index >= 15 is 0 Å². The van der Waals surface area contributed by atoms with E-state index in [1.807, 2.05) is 19.1 Å². The molecule has 144 valence electrons. The van der Waals surface area contributed by atoms with E-state index in [1.165, 1.54) is 12.1 Å². The normalized spacial score (nSPS) is 16.9. The van der Waals surface area contributed by atoms with Crippen LogP contribution in [0.4, 0.5) is 10.3 Å². The van der Waals surface area contributed by atoms with Gasteiger partial charge in [-0.2, -0.15) is 0 Å². The smallest absolute Gasteiger partial charge is 0.255 e. The van der Waals surface area contributed by atoms with Gasteiger partial charge in [0.1, 0.15) is 11.9 Å². The van der Waals surface area contributed by atoms with Gasteiger partial charge in [-0.3, -0.25) is 14.3 Å². The number of hydrogen-bond acceptors (Lipinski definition) is 5. The van der Waals surface area contributed by atoms with Gasteiger partial charge in [0.05, 0.1) is 18.8 Å². The molecule has 0 amide bonds. The van der Waals surface area contributed by atoms with Gasteiger partial charge in [0, 0.05) is 37.1 Å². The van der Waals surface area contributed by atoms with E-state index in [0.717, 1.165) is 11.1 Å². The van der Waals surface area contributed by atoms with Gasteiger partial charge in [0.25, 0.3) is 5.56 Å². The predicted octanol–water partition coefficient (Wildman–Crippen LogP) is 3.04. The molecule has 3 heterocycles. The predicted molar refractivity (Wildman–Crippen MR) is 105 cm³/mol. The fourth-order valence-electron chi connectivity index (χ4n) is 3.41. The molecular weight excluding hydrogens is 359 g/mol. The highest BCUT2D eigenvalue weighted by Crippen LogP contribution is 2.26. The number of benzene rings is 1. The highest BCUT2D eigenvalue weighted by atomic mass is 19.1. The van der Waals surface area contributed by atoms with Crippen LogP contribution < -0.4 is 10.5 Å². The minimum Gasteiger partial charge on any atom is -0.370 e. The summed E-state index contributed by atoms with van der Waals surface area (Å²) in [4.78, 5) is 23.6. The molecule has 2 aromatic heterocycles. The number of ether oxygens (including phenoxy) is 1. The largest absolute Gasteiger partial charge is 0.370 e. The molecule has 0 aliphatic carbocycles. The molecule has 0 spiro atoms. The summed E-state index contributed by atoms with van der Waals surface area (Å²) in [6.45, 7) is 4.12. The van der Waals surface area contributed by atoms with E-state index in [4.69, 9.17) is 9.72 Å². The van der Waals surface area contributed by atoms with Gasteiger partial charge < -0.3 is 9.64 Å². The van der Waals surface area contributed by atoms with Crippen molar-refractivity contribution in [2.45, 2.75) is 19.6 Å². The molecular formula is C21H21FN4O2. The number of hydrogen-bond donors (Lipinski definition) is 0. The van der Waals surface area contributed by atoms with Gasteiger partial charge in [0.15, 0.2) is 0 Å². The minimum absolute atomic E-state index is 0.0934. The maximum atomic E-state index is 13.2. The van der Waals surface area contributed by atoms with Crippen LogP contribution in [0.25, 0.3) is 11.3 Å². The molecule has 0 saturated carbocycles. The van der Waals surface area contributed by atoms with Gasteiger partial charge in [-0.25, -0.2) is 9.37 Å². The first-order valence-electron chi connectivity index (χ1n) is 9.30.